The normalized spacial score (nSPS) is 16.4. The first-order chi connectivity index (χ1) is 13.2. The van der Waals surface area contributed by atoms with Crippen molar-refractivity contribution in [2.24, 2.45) is 5.10 Å². The van der Waals surface area contributed by atoms with E-state index in [0.29, 0.717) is 17.9 Å². The number of nitrogens with one attached hydrogen (secondary N) is 1. The van der Waals surface area contributed by atoms with Crippen molar-refractivity contribution in [3.05, 3.63) is 78.1 Å². The Kier molecular flexibility index (Phi) is 4.78. The first-order valence-corrected chi connectivity index (χ1v) is 9.04. The molecular formula is C21H21N3O3. The van der Waals surface area contributed by atoms with Gasteiger partial charge in [0.05, 0.1) is 19.1 Å². The first-order valence-electron chi connectivity index (χ1n) is 9.04. The highest BCUT2D eigenvalue weighted by Gasteiger charge is 2.35. The number of hydrogen-bond acceptors (Lipinski definition) is 5. The van der Waals surface area contributed by atoms with Gasteiger partial charge in [0.1, 0.15) is 23.3 Å². The molecule has 1 aliphatic rings. The lowest BCUT2D eigenvalue weighted by Gasteiger charge is -2.20. The predicted octanol–water partition coefficient (Wildman–Crippen LogP) is 4.22. The number of hydrogen-bond donors (Lipinski definition) is 1. The maximum Gasteiger partial charge on any atom is 0.262 e. The summed E-state index contributed by atoms with van der Waals surface area (Å²) in [7, 11) is 0. The van der Waals surface area contributed by atoms with Gasteiger partial charge < -0.3 is 14.2 Å². The molecule has 3 heterocycles. The summed E-state index contributed by atoms with van der Waals surface area (Å²) in [4.78, 5) is 12.8. The number of carbonyl (C=O) groups excluding carboxylic acids is 1. The van der Waals surface area contributed by atoms with Gasteiger partial charge in [0.2, 0.25) is 0 Å². The smallest absolute Gasteiger partial charge is 0.262 e. The molecule has 1 unspecified atom stereocenters. The van der Waals surface area contributed by atoms with E-state index in [-0.39, 0.29) is 18.5 Å². The third kappa shape index (κ3) is 3.65. The summed E-state index contributed by atoms with van der Waals surface area (Å²) in [5, 5.41) is 9.18. The number of aryl methyl sites for hydroxylation is 1. The Morgan fingerprint density at radius 2 is 1.93 bits per heavy atom. The van der Waals surface area contributed by atoms with Crippen molar-refractivity contribution in [1.82, 2.24) is 5.01 Å². The van der Waals surface area contributed by atoms with Crippen molar-refractivity contribution >= 4 is 17.3 Å². The molecule has 0 bridgehead atoms. The van der Waals surface area contributed by atoms with E-state index in [1.165, 1.54) is 10.6 Å². The lowest BCUT2D eigenvalue weighted by Crippen LogP contribution is -2.32. The largest absolute Gasteiger partial charge is 0.467 e. The number of nitrogens with zero attached hydrogens (tertiary/aromatic N) is 2. The van der Waals surface area contributed by atoms with Gasteiger partial charge in [0.15, 0.2) is 0 Å². The molecule has 138 valence electrons. The standard InChI is InChI=1S/C21H21N3O3/c1-2-15-7-9-16(10-8-15)22-14-21(25)24-18(20-6-4-12-27-20)13-17(23-24)19-5-3-11-26-19/h3-12,18,22H,2,13-14H2,1H3. The second-order valence-corrected chi connectivity index (χ2v) is 6.40. The summed E-state index contributed by atoms with van der Waals surface area (Å²) >= 11 is 0. The number of carbonyl (C=O) groups is 1. The molecule has 1 aromatic carbocycles. The van der Waals surface area contributed by atoms with Gasteiger partial charge in [0.25, 0.3) is 5.91 Å². The molecule has 1 aliphatic heterocycles. The Hall–Kier alpha value is -3.28. The van der Waals surface area contributed by atoms with Crippen molar-refractivity contribution < 1.29 is 13.6 Å². The van der Waals surface area contributed by atoms with Crippen LogP contribution in [0, 0.1) is 0 Å². The SMILES string of the molecule is CCc1ccc(NCC(=O)N2N=C(c3ccco3)CC2c2ccco2)cc1. The first kappa shape index (κ1) is 17.1. The number of benzene rings is 1. The minimum Gasteiger partial charge on any atom is -0.467 e. The zero-order valence-corrected chi connectivity index (χ0v) is 15.1. The summed E-state index contributed by atoms with van der Waals surface area (Å²) in [6.45, 7) is 2.26. The number of anilines is 1. The molecule has 3 aromatic rings. The number of amides is 1. The molecule has 6 nitrogen and oxygen atoms in total. The van der Waals surface area contributed by atoms with Crippen LogP contribution >= 0.6 is 0 Å². The summed E-state index contributed by atoms with van der Waals surface area (Å²) in [6, 6.07) is 15.2. The van der Waals surface area contributed by atoms with Crippen LogP contribution in [0.4, 0.5) is 5.69 Å². The van der Waals surface area contributed by atoms with Crippen LogP contribution in [-0.4, -0.2) is 23.2 Å². The molecule has 2 aromatic heterocycles. The van der Waals surface area contributed by atoms with Gasteiger partial charge in [-0.3, -0.25) is 4.79 Å². The third-order valence-corrected chi connectivity index (χ3v) is 4.65. The summed E-state index contributed by atoms with van der Waals surface area (Å²) in [5.74, 6) is 1.25. The molecule has 1 amide bonds. The van der Waals surface area contributed by atoms with Crippen LogP contribution in [0.25, 0.3) is 0 Å². The van der Waals surface area contributed by atoms with Crippen LogP contribution in [0.2, 0.25) is 0 Å². The fraction of sp³-hybridized carbons (Fsp3) is 0.238. The van der Waals surface area contributed by atoms with Crippen LogP contribution in [0.3, 0.4) is 0 Å². The Bertz CT molecular complexity index is 912. The quantitative estimate of drug-likeness (QED) is 0.712. The maximum absolute atomic E-state index is 12.8. The molecule has 0 saturated heterocycles. The fourth-order valence-corrected chi connectivity index (χ4v) is 3.15. The average molecular weight is 363 g/mol. The topological polar surface area (TPSA) is 71.0 Å². The van der Waals surface area contributed by atoms with Gasteiger partial charge in [-0.05, 0) is 48.4 Å². The van der Waals surface area contributed by atoms with Crippen LogP contribution in [-0.2, 0) is 11.2 Å². The van der Waals surface area contributed by atoms with Crippen molar-refractivity contribution in [2.75, 3.05) is 11.9 Å². The van der Waals surface area contributed by atoms with E-state index in [2.05, 4.69) is 29.5 Å². The van der Waals surface area contributed by atoms with Gasteiger partial charge in [0, 0.05) is 12.1 Å². The van der Waals surface area contributed by atoms with Gasteiger partial charge in [-0.2, -0.15) is 5.10 Å². The van der Waals surface area contributed by atoms with E-state index in [4.69, 9.17) is 8.83 Å². The molecular weight excluding hydrogens is 342 g/mol. The number of furan rings is 2. The maximum atomic E-state index is 12.8. The van der Waals surface area contributed by atoms with Crippen molar-refractivity contribution in [3.63, 3.8) is 0 Å². The van der Waals surface area contributed by atoms with Crippen LogP contribution in [0.5, 0.6) is 0 Å². The fourth-order valence-electron chi connectivity index (χ4n) is 3.15. The van der Waals surface area contributed by atoms with Gasteiger partial charge in [-0.15, -0.1) is 0 Å². The van der Waals surface area contributed by atoms with E-state index in [9.17, 15) is 4.79 Å². The monoisotopic (exact) mass is 363 g/mol. The van der Waals surface area contributed by atoms with Crippen molar-refractivity contribution in [1.29, 1.82) is 0 Å². The highest BCUT2D eigenvalue weighted by Crippen LogP contribution is 2.33. The highest BCUT2D eigenvalue weighted by molar-refractivity contribution is 6.01. The van der Waals surface area contributed by atoms with E-state index in [0.717, 1.165) is 17.8 Å². The zero-order valence-electron chi connectivity index (χ0n) is 15.1. The Balaban J connectivity index is 1.49. The Labute approximate surface area is 157 Å². The average Bonchev–Trinajstić information content (AvgIpc) is 3.46. The van der Waals surface area contributed by atoms with Gasteiger partial charge in [-0.1, -0.05) is 19.1 Å². The molecule has 0 aliphatic carbocycles. The minimum absolute atomic E-state index is 0.127. The molecule has 1 N–H and O–H groups in total. The summed E-state index contributed by atoms with van der Waals surface area (Å²) in [6.07, 6.45) is 4.75. The molecule has 1 atom stereocenters. The van der Waals surface area contributed by atoms with Gasteiger partial charge >= 0.3 is 0 Å². The molecule has 27 heavy (non-hydrogen) atoms. The van der Waals surface area contributed by atoms with Crippen molar-refractivity contribution in [2.45, 2.75) is 25.8 Å². The molecule has 4 rings (SSSR count). The van der Waals surface area contributed by atoms with Gasteiger partial charge in [-0.25, -0.2) is 5.01 Å². The van der Waals surface area contributed by atoms with E-state index >= 15 is 0 Å². The highest BCUT2D eigenvalue weighted by atomic mass is 16.3. The molecule has 0 spiro atoms. The zero-order chi connectivity index (χ0) is 18.6. The molecule has 0 fully saturated rings. The summed E-state index contributed by atoms with van der Waals surface area (Å²) < 4.78 is 11.0. The molecule has 0 radical (unpaired) electrons. The van der Waals surface area contributed by atoms with Crippen LogP contribution in [0.15, 0.2) is 75.0 Å². The second kappa shape index (κ2) is 7.53. The summed E-state index contributed by atoms with van der Waals surface area (Å²) in [5.41, 5.74) is 2.91. The predicted molar refractivity (Wildman–Crippen MR) is 102 cm³/mol. The lowest BCUT2D eigenvalue weighted by atomic mass is 10.1. The number of rotatable bonds is 6. The van der Waals surface area contributed by atoms with Crippen LogP contribution < -0.4 is 5.32 Å². The molecule has 0 saturated carbocycles. The van der Waals surface area contributed by atoms with Crippen LogP contribution in [0.1, 0.15) is 36.5 Å². The number of hydrazone groups is 1. The molecule has 6 heteroatoms. The Morgan fingerprint density at radius 3 is 2.59 bits per heavy atom. The third-order valence-electron chi connectivity index (χ3n) is 4.65. The van der Waals surface area contributed by atoms with E-state index in [1.54, 1.807) is 12.5 Å². The minimum atomic E-state index is -0.267. The van der Waals surface area contributed by atoms with E-state index in [1.807, 2.05) is 36.4 Å². The van der Waals surface area contributed by atoms with Crippen molar-refractivity contribution in [3.8, 4) is 0 Å². The lowest BCUT2D eigenvalue weighted by molar-refractivity contribution is -0.131. The Morgan fingerprint density at radius 1 is 1.15 bits per heavy atom. The second-order valence-electron chi connectivity index (χ2n) is 6.40. The van der Waals surface area contributed by atoms with E-state index < -0.39 is 0 Å².